The summed E-state index contributed by atoms with van der Waals surface area (Å²) in [5.74, 6) is -1.42. The van der Waals surface area contributed by atoms with Crippen LogP contribution >= 0.6 is 0 Å². The standard InChI is InChI=1S/C6H3F3O3/c7-10-4-1-2-5(11-8)6(3-4)12-9/h1-3H. The van der Waals surface area contributed by atoms with Gasteiger partial charge < -0.3 is 0 Å². The molecule has 0 aliphatic heterocycles. The van der Waals surface area contributed by atoms with E-state index in [4.69, 9.17) is 0 Å². The van der Waals surface area contributed by atoms with E-state index < -0.39 is 11.5 Å². The van der Waals surface area contributed by atoms with E-state index in [-0.39, 0.29) is 5.75 Å². The summed E-state index contributed by atoms with van der Waals surface area (Å²) < 4.78 is 34.6. The van der Waals surface area contributed by atoms with Gasteiger partial charge in [0.15, 0.2) is 5.75 Å². The molecule has 12 heavy (non-hydrogen) atoms. The zero-order valence-corrected chi connectivity index (χ0v) is 5.59. The zero-order valence-electron chi connectivity index (χ0n) is 5.59. The molecule has 3 nitrogen and oxygen atoms in total. The van der Waals surface area contributed by atoms with Gasteiger partial charge in [-0.1, -0.05) is 0 Å². The van der Waals surface area contributed by atoms with Crippen molar-refractivity contribution in [3.05, 3.63) is 18.2 Å². The monoisotopic (exact) mass is 180 g/mol. The summed E-state index contributed by atoms with van der Waals surface area (Å²) in [6.07, 6.45) is 0. The van der Waals surface area contributed by atoms with Crippen LogP contribution in [-0.2, 0) is 0 Å². The highest BCUT2D eigenvalue weighted by atomic mass is 19.3. The molecule has 66 valence electrons. The first-order valence-electron chi connectivity index (χ1n) is 2.81. The van der Waals surface area contributed by atoms with Gasteiger partial charge in [0.1, 0.15) is 0 Å². The Morgan fingerprint density at radius 2 is 1.50 bits per heavy atom. The molecule has 0 spiro atoms. The average molecular weight is 180 g/mol. The first kappa shape index (κ1) is 8.51. The molecule has 0 heterocycles. The maximum atomic E-state index is 11.6. The summed E-state index contributed by atoms with van der Waals surface area (Å²) in [6.45, 7) is 0. The molecule has 1 aromatic carbocycles. The van der Waals surface area contributed by atoms with Gasteiger partial charge in [0.05, 0.1) is 0 Å². The summed E-state index contributed by atoms with van der Waals surface area (Å²) >= 11 is 0. The first-order chi connectivity index (χ1) is 5.81. The van der Waals surface area contributed by atoms with Crippen LogP contribution in [0.25, 0.3) is 0 Å². The zero-order chi connectivity index (χ0) is 8.97. The third-order valence-corrected chi connectivity index (χ3v) is 1.17. The second kappa shape index (κ2) is 3.70. The van der Waals surface area contributed by atoms with Crippen molar-refractivity contribution in [2.45, 2.75) is 0 Å². The molecule has 1 rings (SSSR count). The van der Waals surface area contributed by atoms with Gasteiger partial charge >= 0.3 is 0 Å². The predicted octanol–water partition coefficient (Wildman–Crippen LogP) is 2.48. The molecule has 0 aliphatic rings. The van der Waals surface area contributed by atoms with E-state index >= 15 is 0 Å². The summed E-state index contributed by atoms with van der Waals surface area (Å²) in [5, 5.41) is 0. The highest BCUT2D eigenvalue weighted by molar-refractivity contribution is 5.44. The van der Waals surface area contributed by atoms with Gasteiger partial charge in [0.25, 0.3) is 0 Å². The van der Waals surface area contributed by atoms with Crippen molar-refractivity contribution in [1.82, 2.24) is 0 Å². The van der Waals surface area contributed by atoms with E-state index in [1.807, 2.05) is 0 Å². The minimum atomic E-state index is -0.604. The lowest BCUT2D eigenvalue weighted by molar-refractivity contribution is -0.0411. The van der Waals surface area contributed by atoms with E-state index in [0.29, 0.717) is 0 Å². The topological polar surface area (TPSA) is 27.7 Å². The van der Waals surface area contributed by atoms with Crippen molar-refractivity contribution in [2.75, 3.05) is 0 Å². The molecule has 0 aliphatic carbocycles. The van der Waals surface area contributed by atoms with Crippen LogP contribution < -0.4 is 14.8 Å². The van der Waals surface area contributed by atoms with Gasteiger partial charge in [-0.25, -0.2) is 0 Å². The second-order valence-corrected chi connectivity index (χ2v) is 1.84. The number of hydrogen-bond acceptors (Lipinski definition) is 3. The largest absolute Gasteiger partial charge is 0.294 e. The third-order valence-electron chi connectivity index (χ3n) is 1.17. The summed E-state index contributed by atoms with van der Waals surface area (Å²) in [7, 11) is 0. The van der Waals surface area contributed by atoms with E-state index in [1.54, 1.807) is 0 Å². The molecule has 0 bridgehead atoms. The van der Waals surface area contributed by atoms with Crippen molar-refractivity contribution in [1.29, 1.82) is 0 Å². The van der Waals surface area contributed by atoms with Crippen LogP contribution in [0.5, 0.6) is 17.2 Å². The molecule has 0 saturated carbocycles. The Hall–Kier alpha value is -1.59. The van der Waals surface area contributed by atoms with Crippen LogP contribution in [0, 0.1) is 0 Å². The Bertz CT molecular complexity index is 266. The number of benzene rings is 1. The molecule has 0 atom stereocenters. The third kappa shape index (κ3) is 1.52. The molecular weight excluding hydrogens is 177 g/mol. The van der Waals surface area contributed by atoms with Gasteiger partial charge in [-0.05, 0) is 12.1 Å². The van der Waals surface area contributed by atoms with Gasteiger partial charge in [-0.3, -0.25) is 14.8 Å². The summed E-state index contributed by atoms with van der Waals surface area (Å²) in [4.78, 5) is 9.59. The van der Waals surface area contributed by atoms with Gasteiger partial charge in [0.2, 0.25) is 11.5 Å². The molecule has 0 aromatic heterocycles. The number of rotatable bonds is 3. The maximum absolute atomic E-state index is 11.6. The lowest BCUT2D eigenvalue weighted by Crippen LogP contribution is -1.84. The lowest BCUT2D eigenvalue weighted by atomic mass is 10.3. The molecule has 0 amide bonds. The molecule has 0 radical (unpaired) electrons. The van der Waals surface area contributed by atoms with Crippen molar-refractivity contribution >= 4 is 0 Å². The lowest BCUT2D eigenvalue weighted by Gasteiger charge is -1.99. The van der Waals surface area contributed by atoms with Gasteiger partial charge in [0, 0.05) is 19.6 Å². The van der Waals surface area contributed by atoms with Crippen molar-refractivity contribution in [3.8, 4) is 17.2 Å². The molecular formula is C6H3F3O3. The highest BCUT2D eigenvalue weighted by Gasteiger charge is 2.09. The Kier molecular flexibility index (Phi) is 2.62. The number of hydrogen-bond donors (Lipinski definition) is 0. The first-order valence-corrected chi connectivity index (χ1v) is 2.81. The second-order valence-electron chi connectivity index (χ2n) is 1.84. The SMILES string of the molecule is FOc1ccc(OF)c(OF)c1. The Balaban J connectivity index is 3.02. The normalized spacial score (nSPS) is 9.25. The van der Waals surface area contributed by atoms with E-state index in [0.717, 1.165) is 18.2 Å². The smallest absolute Gasteiger partial charge is 0.222 e. The maximum Gasteiger partial charge on any atom is 0.222 e. The molecule has 1 aromatic rings. The highest BCUT2D eigenvalue weighted by Crippen LogP contribution is 2.32. The van der Waals surface area contributed by atoms with Gasteiger partial charge in [-0.2, -0.15) is 0 Å². The average Bonchev–Trinajstić information content (AvgIpc) is 2.16. The van der Waals surface area contributed by atoms with Crippen LogP contribution in [0.4, 0.5) is 13.6 Å². The Morgan fingerprint density at radius 1 is 0.833 bits per heavy atom. The van der Waals surface area contributed by atoms with Crippen LogP contribution in [0.15, 0.2) is 18.2 Å². The van der Waals surface area contributed by atoms with Crippen molar-refractivity contribution in [3.63, 3.8) is 0 Å². The van der Waals surface area contributed by atoms with Crippen molar-refractivity contribution in [2.24, 2.45) is 0 Å². The Morgan fingerprint density at radius 3 is 2.00 bits per heavy atom. The van der Waals surface area contributed by atoms with Crippen LogP contribution in [0.1, 0.15) is 0 Å². The van der Waals surface area contributed by atoms with Crippen LogP contribution in [-0.4, -0.2) is 0 Å². The quantitative estimate of drug-likeness (QED) is 0.715. The van der Waals surface area contributed by atoms with Crippen LogP contribution in [0.3, 0.4) is 0 Å². The number of halogens is 3. The fourth-order valence-electron chi connectivity index (χ4n) is 0.660. The summed E-state index contributed by atoms with van der Waals surface area (Å²) in [5.41, 5.74) is 0. The molecule has 6 heteroatoms. The molecule has 0 unspecified atom stereocenters. The summed E-state index contributed by atoms with van der Waals surface area (Å²) in [6, 6.07) is 2.77. The van der Waals surface area contributed by atoms with Crippen molar-refractivity contribution < 1.29 is 28.4 Å². The molecule has 0 N–H and O–H groups in total. The van der Waals surface area contributed by atoms with Gasteiger partial charge in [-0.15, -0.1) is 0 Å². The Labute approximate surface area is 65.0 Å². The van der Waals surface area contributed by atoms with E-state index in [2.05, 4.69) is 14.8 Å². The van der Waals surface area contributed by atoms with E-state index in [1.165, 1.54) is 0 Å². The van der Waals surface area contributed by atoms with Crippen LogP contribution in [0.2, 0.25) is 0 Å². The fourth-order valence-corrected chi connectivity index (χ4v) is 0.660. The fraction of sp³-hybridized carbons (Fsp3) is 0. The predicted molar refractivity (Wildman–Crippen MR) is 31.6 cm³/mol. The van der Waals surface area contributed by atoms with E-state index in [9.17, 15) is 13.6 Å². The minimum absolute atomic E-state index is 0.316. The molecule has 0 saturated heterocycles. The molecule has 0 fully saturated rings. The minimum Gasteiger partial charge on any atom is -0.294 e.